The lowest BCUT2D eigenvalue weighted by Crippen LogP contribution is -2.43. The van der Waals surface area contributed by atoms with E-state index in [-0.39, 0.29) is 11.3 Å². The molecule has 4 heteroatoms. The summed E-state index contributed by atoms with van der Waals surface area (Å²) in [6.07, 6.45) is 0. The van der Waals surface area contributed by atoms with E-state index in [2.05, 4.69) is 17.9 Å². The topological polar surface area (TPSA) is 49.3 Å². The van der Waals surface area contributed by atoms with Gasteiger partial charge in [0.2, 0.25) is 0 Å². The fraction of sp³-hybridized carbons (Fsp3) is 0.857. The summed E-state index contributed by atoms with van der Waals surface area (Å²) in [5.41, 5.74) is 0. The lowest BCUT2D eigenvalue weighted by molar-refractivity contribution is -0.140. The summed E-state index contributed by atoms with van der Waals surface area (Å²) < 4.78 is 0. The van der Waals surface area contributed by atoms with Crippen LogP contribution in [0.1, 0.15) is 20.8 Å². The number of hydrogen-bond donors (Lipinski definition) is 3. The van der Waals surface area contributed by atoms with Crippen LogP contribution in [-0.4, -0.2) is 22.5 Å². The monoisotopic (exact) mass is 177 g/mol. The SMILES string of the molecule is CC(S)N[C@@H](C(=O)O)C(C)C. The maximum Gasteiger partial charge on any atom is 0.320 e. The average Bonchev–Trinajstić information content (AvgIpc) is 1.81. The van der Waals surface area contributed by atoms with Crippen molar-refractivity contribution in [3.05, 3.63) is 0 Å². The van der Waals surface area contributed by atoms with E-state index in [0.29, 0.717) is 0 Å². The first-order valence-electron chi connectivity index (χ1n) is 3.62. The maximum absolute atomic E-state index is 10.6. The zero-order valence-electron chi connectivity index (χ0n) is 7.03. The van der Waals surface area contributed by atoms with E-state index in [4.69, 9.17) is 5.11 Å². The van der Waals surface area contributed by atoms with Crippen LogP contribution in [0.15, 0.2) is 0 Å². The van der Waals surface area contributed by atoms with Gasteiger partial charge < -0.3 is 5.11 Å². The first-order valence-corrected chi connectivity index (χ1v) is 4.13. The van der Waals surface area contributed by atoms with E-state index < -0.39 is 12.0 Å². The number of carboxylic acid groups (broad SMARTS) is 1. The molecule has 2 atom stereocenters. The third-order valence-electron chi connectivity index (χ3n) is 1.35. The molecule has 11 heavy (non-hydrogen) atoms. The second-order valence-corrected chi connectivity index (χ2v) is 3.68. The molecule has 0 aliphatic carbocycles. The van der Waals surface area contributed by atoms with Gasteiger partial charge >= 0.3 is 5.97 Å². The molecule has 0 bridgehead atoms. The van der Waals surface area contributed by atoms with Gasteiger partial charge in [0.05, 0.1) is 0 Å². The molecule has 1 unspecified atom stereocenters. The Morgan fingerprint density at radius 2 is 1.91 bits per heavy atom. The van der Waals surface area contributed by atoms with Crippen LogP contribution in [0.5, 0.6) is 0 Å². The average molecular weight is 177 g/mol. The lowest BCUT2D eigenvalue weighted by Gasteiger charge is -2.19. The van der Waals surface area contributed by atoms with Crippen LogP contribution in [-0.2, 0) is 4.79 Å². The van der Waals surface area contributed by atoms with Gasteiger partial charge in [0.25, 0.3) is 0 Å². The molecule has 0 radical (unpaired) electrons. The normalized spacial score (nSPS) is 16.5. The van der Waals surface area contributed by atoms with Crippen molar-refractivity contribution in [3.8, 4) is 0 Å². The first kappa shape index (κ1) is 10.8. The molecule has 0 heterocycles. The van der Waals surface area contributed by atoms with Crippen molar-refractivity contribution < 1.29 is 9.90 Å². The van der Waals surface area contributed by atoms with Crippen molar-refractivity contribution in [2.45, 2.75) is 32.2 Å². The highest BCUT2D eigenvalue weighted by atomic mass is 32.1. The Morgan fingerprint density at radius 1 is 1.45 bits per heavy atom. The summed E-state index contributed by atoms with van der Waals surface area (Å²) in [7, 11) is 0. The smallest absolute Gasteiger partial charge is 0.320 e. The van der Waals surface area contributed by atoms with Crippen LogP contribution in [0.3, 0.4) is 0 Å². The number of thiol groups is 1. The van der Waals surface area contributed by atoms with Gasteiger partial charge in [-0.3, -0.25) is 10.1 Å². The number of aliphatic carboxylic acids is 1. The summed E-state index contributed by atoms with van der Waals surface area (Å²) in [6.45, 7) is 5.53. The predicted molar refractivity (Wildman–Crippen MR) is 47.8 cm³/mol. The first-order chi connectivity index (χ1) is 4.95. The van der Waals surface area contributed by atoms with Crippen LogP contribution >= 0.6 is 12.6 Å². The number of hydrogen-bond acceptors (Lipinski definition) is 3. The molecule has 0 aromatic carbocycles. The zero-order chi connectivity index (χ0) is 9.02. The summed E-state index contributed by atoms with van der Waals surface area (Å²) in [5, 5.41) is 11.5. The van der Waals surface area contributed by atoms with E-state index in [9.17, 15) is 4.79 Å². The van der Waals surface area contributed by atoms with E-state index in [0.717, 1.165) is 0 Å². The highest BCUT2D eigenvalue weighted by molar-refractivity contribution is 7.80. The predicted octanol–water partition coefficient (Wildman–Crippen LogP) is 0.961. The quantitative estimate of drug-likeness (QED) is 0.443. The zero-order valence-corrected chi connectivity index (χ0v) is 7.93. The largest absolute Gasteiger partial charge is 0.480 e. The molecule has 0 amide bonds. The van der Waals surface area contributed by atoms with Crippen molar-refractivity contribution in [1.82, 2.24) is 5.32 Å². The minimum Gasteiger partial charge on any atom is -0.480 e. The fourth-order valence-electron chi connectivity index (χ4n) is 0.809. The van der Waals surface area contributed by atoms with Crippen molar-refractivity contribution >= 4 is 18.6 Å². The Bertz CT molecular complexity index is 136. The number of carboxylic acids is 1. The van der Waals surface area contributed by atoms with Gasteiger partial charge in [-0.2, -0.15) is 12.6 Å². The second-order valence-electron chi connectivity index (χ2n) is 2.90. The van der Waals surface area contributed by atoms with Gasteiger partial charge in [-0.1, -0.05) is 13.8 Å². The van der Waals surface area contributed by atoms with Gasteiger partial charge in [-0.15, -0.1) is 0 Å². The molecule has 0 aliphatic heterocycles. The summed E-state index contributed by atoms with van der Waals surface area (Å²) in [5.74, 6) is -0.733. The number of nitrogens with one attached hydrogen (secondary N) is 1. The van der Waals surface area contributed by atoms with E-state index in [1.807, 2.05) is 13.8 Å². The molecule has 3 nitrogen and oxygen atoms in total. The molecule has 0 aliphatic rings. The Hall–Kier alpha value is -0.220. The molecule has 2 N–H and O–H groups in total. The minimum atomic E-state index is -0.819. The van der Waals surface area contributed by atoms with Gasteiger partial charge in [0.1, 0.15) is 6.04 Å². The summed E-state index contributed by atoms with van der Waals surface area (Å²) >= 11 is 4.05. The second kappa shape index (κ2) is 4.62. The maximum atomic E-state index is 10.6. The summed E-state index contributed by atoms with van der Waals surface area (Å²) in [6, 6.07) is -0.498. The van der Waals surface area contributed by atoms with Gasteiger partial charge in [-0.05, 0) is 12.8 Å². The Morgan fingerprint density at radius 3 is 2.00 bits per heavy atom. The molecule has 0 fully saturated rings. The van der Waals surface area contributed by atoms with Gasteiger partial charge in [0, 0.05) is 5.37 Å². The Kier molecular flexibility index (Phi) is 4.52. The molecule has 0 spiro atoms. The molecule has 0 aromatic heterocycles. The van der Waals surface area contributed by atoms with Crippen LogP contribution < -0.4 is 5.32 Å². The molecule has 0 saturated carbocycles. The van der Waals surface area contributed by atoms with Crippen LogP contribution in [0, 0.1) is 5.92 Å². The third kappa shape index (κ3) is 4.27. The fourth-order valence-corrected chi connectivity index (χ4v) is 0.969. The Labute approximate surface area is 72.6 Å². The highest BCUT2D eigenvalue weighted by Gasteiger charge is 2.21. The molecule has 66 valence electrons. The lowest BCUT2D eigenvalue weighted by atomic mass is 10.1. The highest BCUT2D eigenvalue weighted by Crippen LogP contribution is 2.03. The molecule has 0 saturated heterocycles. The third-order valence-corrected chi connectivity index (χ3v) is 1.50. The van der Waals surface area contributed by atoms with E-state index >= 15 is 0 Å². The molecule has 0 aromatic rings. The number of carbonyl (C=O) groups is 1. The van der Waals surface area contributed by atoms with Gasteiger partial charge in [0.15, 0.2) is 0 Å². The van der Waals surface area contributed by atoms with Crippen molar-refractivity contribution in [1.29, 1.82) is 0 Å². The number of rotatable bonds is 4. The van der Waals surface area contributed by atoms with Crippen molar-refractivity contribution in [3.63, 3.8) is 0 Å². The van der Waals surface area contributed by atoms with Gasteiger partial charge in [-0.25, -0.2) is 0 Å². The molecule has 0 rings (SSSR count). The van der Waals surface area contributed by atoms with Crippen LogP contribution in [0.4, 0.5) is 0 Å². The Balaban J connectivity index is 4.01. The van der Waals surface area contributed by atoms with Crippen molar-refractivity contribution in [2.75, 3.05) is 0 Å². The van der Waals surface area contributed by atoms with E-state index in [1.54, 1.807) is 6.92 Å². The van der Waals surface area contributed by atoms with Crippen molar-refractivity contribution in [2.24, 2.45) is 5.92 Å². The van der Waals surface area contributed by atoms with Crippen LogP contribution in [0.25, 0.3) is 0 Å². The molecular formula is C7H15NO2S. The summed E-state index contributed by atoms with van der Waals surface area (Å²) in [4.78, 5) is 10.6. The standard InChI is InChI=1S/C7H15NO2S/c1-4(2)6(7(9)10)8-5(3)11/h4-6,8,11H,1-3H3,(H,9,10)/t5?,6-/m1/s1. The minimum absolute atomic E-state index is 0.0847. The van der Waals surface area contributed by atoms with Crippen LogP contribution in [0.2, 0.25) is 0 Å². The van der Waals surface area contributed by atoms with E-state index in [1.165, 1.54) is 0 Å². The molecular weight excluding hydrogens is 162 g/mol.